The van der Waals surface area contributed by atoms with Gasteiger partial charge in [-0.1, -0.05) is 0 Å². The highest BCUT2D eigenvalue weighted by atomic mass is 19.1. The normalized spacial score (nSPS) is 28.9. The van der Waals surface area contributed by atoms with Crippen LogP contribution in [0.5, 0.6) is 5.75 Å². The highest BCUT2D eigenvalue weighted by molar-refractivity contribution is 5.52. The molecule has 26 heavy (non-hydrogen) atoms. The highest BCUT2D eigenvalue weighted by Gasteiger charge is 2.29. The largest absolute Gasteiger partial charge is 0.483 e. The molecular weight excluding hydrogens is 342 g/mol. The molecule has 0 aromatic heterocycles. The quantitative estimate of drug-likeness (QED) is 0.723. The second-order valence-corrected chi connectivity index (χ2v) is 7.10. The molecule has 3 N–H and O–H groups in total. The number of ether oxygens (including phenoxy) is 2. The number of aldehydes is 1. The van der Waals surface area contributed by atoms with Crippen molar-refractivity contribution in [2.45, 2.75) is 56.2 Å². The van der Waals surface area contributed by atoms with Crippen LogP contribution in [0, 0.1) is 11.6 Å². The lowest BCUT2D eigenvalue weighted by Crippen LogP contribution is -2.41. The van der Waals surface area contributed by atoms with Crippen LogP contribution >= 0.6 is 0 Å². The second-order valence-electron chi connectivity index (χ2n) is 7.10. The van der Waals surface area contributed by atoms with Crippen LogP contribution in [0.25, 0.3) is 0 Å². The predicted molar refractivity (Wildman–Crippen MR) is 93.2 cm³/mol. The van der Waals surface area contributed by atoms with Gasteiger partial charge in [0.25, 0.3) is 0 Å². The van der Waals surface area contributed by atoms with Gasteiger partial charge in [0.2, 0.25) is 0 Å². The van der Waals surface area contributed by atoms with E-state index in [-0.39, 0.29) is 36.5 Å². The van der Waals surface area contributed by atoms with Crippen LogP contribution in [-0.2, 0) is 9.53 Å². The summed E-state index contributed by atoms with van der Waals surface area (Å²) in [5, 5.41) is 3.34. The number of benzene rings is 1. The monoisotopic (exact) mass is 368 g/mol. The molecule has 1 aliphatic carbocycles. The van der Waals surface area contributed by atoms with Crippen molar-refractivity contribution in [3.05, 3.63) is 29.3 Å². The Labute approximate surface area is 152 Å². The Kier molecular flexibility index (Phi) is 6.56. The van der Waals surface area contributed by atoms with E-state index in [1.54, 1.807) is 0 Å². The molecule has 0 spiro atoms. The smallest absolute Gasteiger partial charge is 0.168 e. The second kappa shape index (κ2) is 8.88. The summed E-state index contributed by atoms with van der Waals surface area (Å²) in [6.07, 6.45) is 4.81. The summed E-state index contributed by atoms with van der Waals surface area (Å²) in [4.78, 5) is 10.5. The summed E-state index contributed by atoms with van der Waals surface area (Å²) < 4.78 is 39.0. The van der Waals surface area contributed by atoms with E-state index in [1.165, 1.54) is 6.07 Å². The fourth-order valence-corrected chi connectivity index (χ4v) is 3.90. The summed E-state index contributed by atoms with van der Waals surface area (Å²) >= 11 is 0. The first kappa shape index (κ1) is 19.2. The van der Waals surface area contributed by atoms with Crippen LogP contribution in [0.4, 0.5) is 8.78 Å². The van der Waals surface area contributed by atoms with Crippen LogP contribution in [0.2, 0.25) is 0 Å². The third-order valence-corrected chi connectivity index (χ3v) is 5.36. The van der Waals surface area contributed by atoms with Crippen molar-refractivity contribution >= 4 is 6.29 Å². The molecule has 1 saturated carbocycles. The van der Waals surface area contributed by atoms with Gasteiger partial charge in [0, 0.05) is 23.7 Å². The Hall–Kier alpha value is -1.57. The van der Waals surface area contributed by atoms with E-state index < -0.39 is 11.6 Å². The number of carbonyl (C=O) groups excluding carboxylic acids is 1. The average Bonchev–Trinajstić information content (AvgIpc) is 3.04. The zero-order chi connectivity index (χ0) is 18.5. The number of hydrogen-bond donors (Lipinski definition) is 2. The SMILES string of the molecule is N[C@H]1CCN[C@H]1CO[C@H]1CC[C@@H](c2cc(F)cc(F)c2OCC=O)CC1. The first-order valence-electron chi connectivity index (χ1n) is 9.24. The summed E-state index contributed by atoms with van der Waals surface area (Å²) in [5.41, 5.74) is 6.53. The van der Waals surface area contributed by atoms with Gasteiger partial charge in [0.15, 0.2) is 17.9 Å². The minimum atomic E-state index is -0.762. The first-order chi connectivity index (χ1) is 12.6. The lowest BCUT2D eigenvalue weighted by molar-refractivity contribution is -0.109. The molecule has 2 atom stereocenters. The Morgan fingerprint density at radius 3 is 2.62 bits per heavy atom. The van der Waals surface area contributed by atoms with E-state index >= 15 is 0 Å². The van der Waals surface area contributed by atoms with Gasteiger partial charge in [-0.05, 0) is 50.6 Å². The van der Waals surface area contributed by atoms with Gasteiger partial charge >= 0.3 is 0 Å². The molecule has 1 aliphatic heterocycles. The van der Waals surface area contributed by atoms with Crippen molar-refractivity contribution in [3.63, 3.8) is 0 Å². The maximum Gasteiger partial charge on any atom is 0.168 e. The van der Waals surface area contributed by atoms with Gasteiger partial charge < -0.3 is 20.5 Å². The molecule has 0 bridgehead atoms. The zero-order valence-electron chi connectivity index (χ0n) is 14.8. The van der Waals surface area contributed by atoms with Crippen LogP contribution in [0.15, 0.2) is 12.1 Å². The Morgan fingerprint density at radius 1 is 1.19 bits per heavy atom. The summed E-state index contributed by atoms with van der Waals surface area (Å²) in [5.74, 6) is -1.41. The van der Waals surface area contributed by atoms with E-state index in [0.29, 0.717) is 18.5 Å². The predicted octanol–water partition coefficient (Wildman–Crippen LogP) is 2.27. The van der Waals surface area contributed by atoms with E-state index in [2.05, 4.69) is 5.32 Å². The van der Waals surface area contributed by atoms with Crippen molar-refractivity contribution in [1.82, 2.24) is 5.32 Å². The highest BCUT2D eigenvalue weighted by Crippen LogP contribution is 2.40. The molecule has 3 rings (SSSR count). The average molecular weight is 368 g/mol. The molecule has 2 aliphatic rings. The number of nitrogens with two attached hydrogens (primary N) is 1. The van der Waals surface area contributed by atoms with Gasteiger partial charge in [-0.3, -0.25) is 4.79 Å². The third kappa shape index (κ3) is 4.58. The van der Waals surface area contributed by atoms with Gasteiger partial charge in [-0.2, -0.15) is 0 Å². The molecule has 1 saturated heterocycles. The molecule has 7 heteroatoms. The number of hydrogen-bond acceptors (Lipinski definition) is 5. The van der Waals surface area contributed by atoms with Gasteiger partial charge in [0.1, 0.15) is 12.4 Å². The minimum absolute atomic E-state index is 0.00596. The van der Waals surface area contributed by atoms with Gasteiger partial charge in [-0.25, -0.2) is 8.78 Å². The molecule has 1 aromatic carbocycles. The summed E-state index contributed by atoms with van der Waals surface area (Å²) in [6.45, 7) is 1.28. The van der Waals surface area contributed by atoms with Crippen molar-refractivity contribution in [2.24, 2.45) is 5.73 Å². The van der Waals surface area contributed by atoms with Crippen LogP contribution in [-0.4, -0.2) is 44.2 Å². The molecule has 0 unspecified atom stereocenters. The van der Waals surface area contributed by atoms with Gasteiger partial charge in [0.05, 0.1) is 12.7 Å². The van der Waals surface area contributed by atoms with E-state index in [4.69, 9.17) is 15.2 Å². The lowest BCUT2D eigenvalue weighted by atomic mass is 9.82. The van der Waals surface area contributed by atoms with Gasteiger partial charge in [-0.15, -0.1) is 0 Å². The van der Waals surface area contributed by atoms with Crippen molar-refractivity contribution in [2.75, 3.05) is 19.8 Å². The molecule has 2 fully saturated rings. The summed E-state index contributed by atoms with van der Waals surface area (Å²) in [7, 11) is 0. The molecule has 1 aromatic rings. The van der Waals surface area contributed by atoms with E-state index in [9.17, 15) is 13.6 Å². The Morgan fingerprint density at radius 2 is 1.96 bits per heavy atom. The number of carbonyl (C=O) groups is 1. The maximum absolute atomic E-state index is 14.1. The standard InChI is InChI=1S/C19H26F2N2O3/c20-13-9-15(19(16(21)10-13)25-8-7-24)12-1-3-14(4-2-12)26-11-18-17(22)5-6-23-18/h7,9-10,12,14,17-18,23H,1-6,8,11,22H2/t12-,14+,17-,18-/m0/s1. The fourth-order valence-electron chi connectivity index (χ4n) is 3.90. The lowest BCUT2D eigenvalue weighted by Gasteiger charge is -2.31. The number of rotatable bonds is 7. The molecule has 1 heterocycles. The van der Waals surface area contributed by atoms with Crippen molar-refractivity contribution in [1.29, 1.82) is 0 Å². The van der Waals surface area contributed by atoms with Crippen molar-refractivity contribution < 1.29 is 23.0 Å². The van der Waals surface area contributed by atoms with E-state index in [0.717, 1.165) is 44.7 Å². The zero-order valence-corrected chi connectivity index (χ0v) is 14.8. The number of nitrogens with one attached hydrogen (secondary N) is 1. The fraction of sp³-hybridized carbons (Fsp3) is 0.632. The molecule has 0 radical (unpaired) electrons. The van der Waals surface area contributed by atoms with Crippen molar-refractivity contribution in [3.8, 4) is 5.75 Å². The maximum atomic E-state index is 14.1. The van der Waals surface area contributed by atoms with Crippen LogP contribution in [0.3, 0.4) is 0 Å². The number of halogens is 2. The Balaban J connectivity index is 1.58. The minimum Gasteiger partial charge on any atom is -0.483 e. The molecule has 144 valence electrons. The molecular formula is C19H26F2N2O3. The van der Waals surface area contributed by atoms with E-state index in [1.807, 2.05) is 0 Å². The van der Waals surface area contributed by atoms with Crippen LogP contribution in [0.1, 0.15) is 43.6 Å². The Bertz CT molecular complexity index is 621. The third-order valence-electron chi connectivity index (χ3n) is 5.36. The molecule has 0 amide bonds. The first-order valence-corrected chi connectivity index (χ1v) is 9.24. The van der Waals surface area contributed by atoms with Crippen LogP contribution < -0.4 is 15.8 Å². The topological polar surface area (TPSA) is 73.6 Å². The molecule has 5 nitrogen and oxygen atoms in total. The summed E-state index contributed by atoms with van der Waals surface area (Å²) in [6, 6.07) is 2.44.